The van der Waals surface area contributed by atoms with Crippen LogP contribution in [-0.4, -0.2) is 23.5 Å². The van der Waals surface area contributed by atoms with Crippen molar-refractivity contribution >= 4 is 28.1 Å². The Morgan fingerprint density at radius 2 is 2.27 bits per heavy atom. The first-order chi connectivity index (χ1) is 10.6. The summed E-state index contributed by atoms with van der Waals surface area (Å²) >= 11 is 1.41. The van der Waals surface area contributed by atoms with Gasteiger partial charge in [-0.25, -0.2) is 4.98 Å². The van der Waals surface area contributed by atoms with Crippen molar-refractivity contribution in [2.75, 3.05) is 17.2 Å². The van der Waals surface area contributed by atoms with E-state index in [0.717, 1.165) is 35.5 Å². The van der Waals surface area contributed by atoms with Crippen LogP contribution in [0.15, 0.2) is 23.6 Å². The number of amides is 1. The third kappa shape index (κ3) is 2.33. The molecule has 0 radical (unpaired) electrons. The number of rotatable bonds is 2. The van der Waals surface area contributed by atoms with Gasteiger partial charge in [-0.2, -0.15) is 0 Å². The maximum absolute atomic E-state index is 12.6. The average molecular weight is 315 g/mol. The molecule has 1 atom stereocenters. The van der Waals surface area contributed by atoms with Crippen LogP contribution in [0, 0.1) is 5.92 Å². The van der Waals surface area contributed by atoms with Gasteiger partial charge >= 0.3 is 0 Å². The van der Waals surface area contributed by atoms with Gasteiger partial charge in [0.25, 0.3) is 0 Å². The van der Waals surface area contributed by atoms with Crippen molar-refractivity contribution in [3.63, 3.8) is 0 Å². The van der Waals surface area contributed by atoms with E-state index in [1.165, 1.54) is 11.3 Å². The van der Waals surface area contributed by atoms with E-state index >= 15 is 0 Å². The lowest BCUT2D eigenvalue weighted by Gasteiger charge is -2.34. The summed E-state index contributed by atoms with van der Waals surface area (Å²) in [6.45, 7) is 2.59. The molecule has 1 aromatic heterocycles. The average Bonchev–Trinajstić information content (AvgIpc) is 3.27. The molecular weight excluding hydrogens is 298 g/mol. The van der Waals surface area contributed by atoms with Crippen molar-refractivity contribution in [1.29, 1.82) is 0 Å². The second-order valence-corrected chi connectivity index (χ2v) is 6.79. The molecule has 114 valence electrons. The lowest BCUT2D eigenvalue weighted by Crippen LogP contribution is -2.43. The number of hydrogen-bond acceptors (Lipinski definition) is 5. The van der Waals surface area contributed by atoms with Crippen LogP contribution in [0.1, 0.15) is 19.8 Å². The van der Waals surface area contributed by atoms with E-state index in [1.807, 2.05) is 35.4 Å². The predicted molar refractivity (Wildman–Crippen MR) is 87.1 cm³/mol. The number of aromatic nitrogens is 1. The predicted octanol–water partition coefficient (Wildman–Crippen LogP) is 2.92. The highest BCUT2D eigenvalue weighted by Crippen LogP contribution is 2.40. The van der Waals surface area contributed by atoms with Gasteiger partial charge in [0.15, 0.2) is 5.13 Å². The molecule has 2 aliphatic rings. The first-order valence-electron chi connectivity index (χ1n) is 7.45. The summed E-state index contributed by atoms with van der Waals surface area (Å²) in [5.74, 6) is 1.17. The summed E-state index contributed by atoms with van der Waals surface area (Å²) < 4.78 is 5.87. The zero-order chi connectivity index (χ0) is 15.3. The van der Waals surface area contributed by atoms with Crippen molar-refractivity contribution in [3.8, 4) is 17.0 Å². The third-order valence-electron chi connectivity index (χ3n) is 4.03. The van der Waals surface area contributed by atoms with Gasteiger partial charge in [-0.15, -0.1) is 11.3 Å². The molecule has 1 aromatic carbocycles. The first-order valence-corrected chi connectivity index (χ1v) is 8.33. The lowest BCUT2D eigenvalue weighted by atomic mass is 10.1. The number of carbonyl (C=O) groups excluding carboxylic acids is 1. The number of hydrogen-bond donors (Lipinski definition) is 1. The molecule has 4 rings (SSSR count). The molecule has 2 N–H and O–H groups in total. The van der Waals surface area contributed by atoms with Crippen LogP contribution in [0.2, 0.25) is 0 Å². The van der Waals surface area contributed by atoms with E-state index < -0.39 is 0 Å². The standard InChI is InChI=1S/C16H17N3O2S/c1-9-7-19(15(20)10-2-3-10)13-6-11(4-5-14(13)21-9)12-8-22-16(17)18-12/h4-6,8-10H,2-3,7H2,1H3,(H2,17,18). The van der Waals surface area contributed by atoms with Crippen LogP contribution in [0.25, 0.3) is 11.3 Å². The van der Waals surface area contributed by atoms with Gasteiger partial charge in [0.2, 0.25) is 5.91 Å². The van der Waals surface area contributed by atoms with Crippen molar-refractivity contribution in [3.05, 3.63) is 23.6 Å². The Morgan fingerprint density at radius 3 is 2.95 bits per heavy atom. The topological polar surface area (TPSA) is 68.5 Å². The highest BCUT2D eigenvalue weighted by molar-refractivity contribution is 7.13. The molecule has 1 fully saturated rings. The SMILES string of the molecule is CC1CN(C(=O)C2CC2)c2cc(-c3csc(N)n3)ccc2O1. The van der Waals surface area contributed by atoms with Crippen molar-refractivity contribution < 1.29 is 9.53 Å². The van der Waals surface area contributed by atoms with E-state index in [1.54, 1.807) is 0 Å². The van der Waals surface area contributed by atoms with Crippen molar-refractivity contribution in [2.24, 2.45) is 5.92 Å². The molecule has 1 unspecified atom stereocenters. The zero-order valence-electron chi connectivity index (χ0n) is 12.3. The molecule has 1 amide bonds. The number of thiazole rings is 1. The Morgan fingerprint density at radius 1 is 1.45 bits per heavy atom. The molecule has 0 spiro atoms. The minimum atomic E-state index is 0.0102. The third-order valence-corrected chi connectivity index (χ3v) is 4.70. The van der Waals surface area contributed by atoms with Crippen LogP contribution < -0.4 is 15.4 Å². The van der Waals surface area contributed by atoms with Gasteiger partial charge < -0.3 is 15.4 Å². The molecule has 2 heterocycles. The lowest BCUT2D eigenvalue weighted by molar-refractivity contribution is -0.120. The van der Waals surface area contributed by atoms with Gasteiger partial charge in [0.05, 0.1) is 17.9 Å². The molecule has 1 aliphatic carbocycles. The monoisotopic (exact) mass is 315 g/mol. The molecule has 1 saturated carbocycles. The number of nitrogens with two attached hydrogens (primary N) is 1. The quantitative estimate of drug-likeness (QED) is 0.925. The molecule has 0 bridgehead atoms. The zero-order valence-corrected chi connectivity index (χ0v) is 13.1. The number of fused-ring (bicyclic) bond motifs is 1. The van der Waals surface area contributed by atoms with Crippen LogP contribution in [0.4, 0.5) is 10.8 Å². The number of nitrogens with zero attached hydrogens (tertiary/aromatic N) is 2. The summed E-state index contributed by atoms with van der Waals surface area (Å²) in [5.41, 5.74) is 8.35. The fourth-order valence-corrected chi connectivity index (χ4v) is 3.35. The second kappa shape index (κ2) is 4.98. The molecule has 1 aliphatic heterocycles. The minimum Gasteiger partial charge on any atom is -0.487 e. The second-order valence-electron chi connectivity index (χ2n) is 5.91. The molecule has 6 heteroatoms. The summed E-state index contributed by atoms with van der Waals surface area (Å²) in [6.07, 6.45) is 2.01. The number of benzene rings is 1. The number of nitrogen functional groups attached to an aromatic ring is 1. The molecule has 2 aromatic rings. The highest BCUT2D eigenvalue weighted by atomic mass is 32.1. The van der Waals surface area contributed by atoms with Gasteiger partial charge in [-0.3, -0.25) is 4.79 Å². The van der Waals surface area contributed by atoms with Crippen molar-refractivity contribution in [1.82, 2.24) is 4.98 Å². The Kier molecular flexibility index (Phi) is 3.07. The fourth-order valence-electron chi connectivity index (χ4n) is 2.78. The Balaban J connectivity index is 1.75. The van der Waals surface area contributed by atoms with Crippen LogP contribution in [0.3, 0.4) is 0 Å². The largest absolute Gasteiger partial charge is 0.487 e. The summed E-state index contributed by atoms with van der Waals surface area (Å²) in [6, 6.07) is 5.87. The number of ether oxygens (including phenoxy) is 1. The van der Waals surface area contributed by atoms with Gasteiger partial charge in [-0.05, 0) is 38.0 Å². The highest BCUT2D eigenvalue weighted by Gasteiger charge is 2.37. The number of anilines is 2. The smallest absolute Gasteiger partial charge is 0.230 e. The Labute approximate surface area is 132 Å². The maximum Gasteiger partial charge on any atom is 0.230 e. The molecule has 22 heavy (non-hydrogen) atoms. The van der Waals surface area contributed by atoms with Crippen molar-refractivity contribution in [2.45, 2.75) is 25.9 Å². The van der Waals surface area contributed by atoms with Crippen LogP contribution >= 0.6 is 11.3 Å². The Bertz CT molecular complexity index is 739. The maximum atomic E-state index is 12.6. The summed E-state index contributed by atoms with van der Waals surface area (Å²) in [5, 5.41) is 2.47. The van der Waals surface area contributed by atoms with Gasteiger partial charge in [-0.1, -0.05) is 0 Å². The van der Waals surface area contributed by atoms with Gasteiger partial charge in [0, 0.05) is 16.9 Å². The molecular formula is C16H17N3O2S. The van der Waals surface area contributed by atoms with Crippen LogP contribution in [-0.2, 0) is 4.79 Å². The van der Waals surface area contributed by atoms with Crippen LogP contribution in [0.5, 0.6) is 5.75 Å². The van der Waals surface area contributed by atoms with Gasteiger partial charge in [0.1, 0.15) is 11.9 Å². The van der Waals surface area contributed by atoms with E-state index in [4.69, 9.17) is 10.5 Å². The summed E-state index contributed by atoms with van der Waals surface area (Å²) in [4.78, 5) is 18.7. The summed E-state index contributed by atoms with van der Waals surface area (Å²) in [7, 11) is 0. The molecule has 0 saturated heterocycles. The van der Waals surface area contributed by atoms with E-state index in [2.05, 4.69) is 4.98 Å². The van der Waals surface area contributed by atoms with E-state index in [0.29, 0.717) is 11.7 Å². The fraction of sp³-hybridized carbons (Fsp3) is 0.375. The van der Waals surface area contributed by atoms with E-state index in [9.17, 15) is 4.79 Å². The first kappa shape index (κ1) is 13.6. The normalized spacial score (nSPS) is 20.4. The minimum absolute atomic E-state index is 0.0102. The Hall–Kier alpha value is -2.08. The van der Waals surface area contributed by atoms with E-state index in [-0.39, 0.29) is 17.9 Å². The number of carbonyl (C=O) groups is 1. The molecule has 5 nitrogen and oxygen atoms in total.